The van der Waals surface area contributed by atoms with Gasteiger partial charge >= 0.3 is 0 Å². The van der Waals surface area contributed by atoms with Gasteiger partial charge in [0.25, 0.3) is 0 Å². The van der Waals surface area contributed by atoms with Crippen LogP contribution in [0, 0.1) is 5.41 Å². The Morgan fingerprint density at radius 1 is 1.14 bits per heavy atom. The molecule has 0 spiro atoms. The lowest BCUT2D eigenvalue weighted by Crippen LogP contribution is -2.52. The second-order valence-electron chi connectivity index (χ2n) is 6.50. The molecular formula is C17H24N2O2. The number of rotatable bonds is 6. The molecule has 2 rings (SSSR count). The smallest absolute Gasteiger partial charge is 0.208 e. The first-order valence-corrected chi connectivity index (χ1v) is 7.22. The minimum absolute atomic E-state index is 0.119. The molecule has 0 saturated carbocycles. The number of hydrogen-bond acceptors (Lipinski definition) is 4. The molecule has 0 fully saturated rings. The number of benzene rings is 1. The van der Waals surface area contributed by atoms with E-state index < -0.39 is 0 Å². The van der Waals surface area contributed by atoms with Crippen molar-refractivity contribution in [3.05, 3.63) is 42.4 Å². The number of aliphatic hydroxyl groups is 1. The Balaban J connectivity index is 2.04. The molecule has 4 nitrogen and oxygen atoms in total. The van der Waals surface area contributed by atoms with E-state index in [4.69, 9.17) is 4.42 Å². The van der Waals surface area contributed by atoms with Crippen molar-refractivity contribution in [2.45, 2.75) is 39.8 Å². The molecule has 0 aliphatic rings. The summed E-state index contributed by atoms with van der Waals surface area (Å²) in [4.78, 5) is 4.31. The maximum atomic E-state index is 9.50. The lowest BCUT2D eigenvalue weighted by atomic mass is 9.75. The molecule has 2 N–H and O–H groups in total. The van der Waals surface area contributed by atoms with Gasteiger partial charge in [-0.1, -0.05) is 44.2 Å². The van der Waals surface area contributed by atoms with Crippen molar-refractivity contribution in [1.82, 2.24) is 10.3 Å². The lowest BCUT2D eigenvalue weighted by Gasteiger charge is -2.41. The number of nitrogens with zero attached hydrogens (tertiary/aromatic N) is 1. The molecule has 1 aromatic carbocycles. The largest absolute Gasteiger partial charge is 0.439 e. The molecule has 1 heterocycles. The van der Waals surface area contributed by atoms with Gasteiger partial charge in [0.05, 0.1) is 12.7 Å². The molecular weight excluding hydrogens is 264 g/mol. The summed E-state index contributed by atoms with van der Waals surface area (Å²) in [6.07, 6.45) is 1.75. The van der Waals surface area contributed by atoms with Crippen LogP contribution in [0.4, 0.5) is 0 Å². The van der Waals surface area contributed by atoms with E-state index >= 15 is 0 Å². The third-order valence-electron chi connectivity index (χ3n) is 4.38. The van der Waals surface area contributed by atoms with Crippen LogP contribution >= 0.6 is 0 Å². The minimum Gasteiger partial charge on any atom is -0.439 e. The van der Waals surface area contributed by atoms with Crippen molar-refractivity contribution in [3.63, 3.8) is 0 Å². The number of aromatic nitrogens is 1. The van der Waals surface area contributed by atoms with Crippen molar-refractivity contribution in [3.8, 4) is 11.3 Å². The van der Waals surface area contributed by atoms with Gasteiger partial charge in [0, 0.05) is 23.1 Å². The minimum atomic E-state index is -0.234. The molecule has 0 amide bonds. The van der Waals surface area contributed by atoms with Gasteiger partial charge < -0.3 is 14.8 Å². The summed E-state index contributed by atoms with van der Waals surface area (Å²) in [5.74, 6) is 1.42. The normalized spacial score (nSPS) is 12.6. The van der Waals surface area contributed by atoms with Gasteiger partial charge in [-0.2, -0.15) is 0 Å². The van der Waals surface area contributed by atoms with Crippen LogP contribution in [0.3, 0.4) is 0 Å². The standard InChI is InChI=1S/C17H24N2O2/c1-16(2,12-20)17(3,4)19-11-15-18-10-14(21-15)13-8-6-5-7-9-13/h5-10,19-20H,11-12H2,1-4H3. The van der Waals surface area contributed by atoms with Crippen LogP contribution in [0.2, 0.25) is 0 Å². The van der Waals surface area contributed by atoms with E-state index in [0.717, 1.165) is 11.3 Å². The Hall–Kier alpha value is -1.65. The zero-order chi connectivity index (χ0) is 15.5. The molecule has 1 aromatic heterocycles. The molecule has 2 aromatic rings. The van der Waals surface area contributed by atoms with Crippen LogP contribution in [0.15, 0.2) is 40.9 Å². The van der Waals surface area contributed by atoms with Crippen LogP contribution in [0.5, 0.6) is 0 Å². The highest BCUT2D eigenvalue weighted by Crippen LogP contribution is 2.30. The molecule has 0 aliphatic heterocycles. The van der Waals surface area contributed by atoms with Crippen LogP contribution in [-0.2, 0) is 6.54 Å². The van der Waals surface area contributed by atoms with E-state index in [1.807, 2.05) is 44.2 Å². The van der Waals surface area contributed by atoms with Crippen molar-refractivity contribution >= 4 is 0 Å². The SMILES string of the molecule is CC(C)(CO)C(C)(C)NCc1ncc(-c2ccccc2)o1. The number of oxazole rings is 1. The molecule has 21 heavy (non-hydrogen) atoms. The zero-order valence-corrected chi connectivity index (χ0v) is 13.2. The quantitative estimate of drug-likeness (QED) is 0.857. The van der Waals surface area contributed by atoms with E-state index in [1.165, 1.54) is 0 Å². The monoisotopic (exact) mass is 288 g/mol. The molecule has 0 bridgehead atoms. The topological polar surface area (TPSA) is 58.3 Å². The van der Waals surface area contributed by atoms with Crippen molar-refractivity contribution in [2.24, 2.45) is 5.41 Å². The van der Waals surface area contributed by atoms with Crippen molar-refractivity contribution < 1.29 is 9.52 Å². The lowest BCUT2D eigenvalue weighted by molar-refractivity contribution is 0.0662. The summed E-state index contributed by atoms with van der Waals surface area (Å²) in [7, 11) is 0. The van der Waals surface area contributed by atoms with E-state index in [-0.39, 0.29) is 17.6 Å². The fourth-order valence-electron chi connectivity index (χ4n) is 1.86. The molecule has 0 unspecified atom stereocenters. The first kappa shape index (κ1) is 15.7. The first-order chi connectivity index (χ1) is 9.86. The number of aliphatic hydroxyl groups excluding tert-OH is 1. The summed E-state index contributed by atoms with van der Waals surface area (Å²) in [5, 5.41) is 12.9. The van der Waals surface area contributed by atoms with E-state index in [1.54, 1.807) is 6.20 Å². The second-order valence-corrected chi connectivity index (χ2v) is 6.50. The third kappa shape index (κ3) is 3.52. The first-order valence-electron chi connectivity index (χ1n) is 7.22. The fourth-order valence-corrected chi connectivity index (χ4v) is 1.86. The highest BCUT2D eigenvalue weighted by Gasteiger charge is 2.36. The van der Waals surface area contributed by atoms with Gasteiger partial charge in [-0.15, -0.1) is 0 Å². The van der Waals surface area contributed by atoms with Crippen LogP contribution < -0.4 is 5.32 Å². The maximum absolute atomic E-state index is 9.50. The summed E-state index contributed by atoms with van der Waals surface area (Å²) < 4.78 is 5.78. The Morgan fingerprint density at radius 2 is 1.81 bits per heavy atom. The molecule has 0 atom stereocenters. The maximum Gasteiger partial charge on any atom is 0.208 e. The molecule has 0 saturated heterocycles. The summed E-state index contributed by atoms with van der Waals surface area (Å²) in [5.41, 5.74) is 0.552. The molecule has 4 heteroatoms. The number of nitrogens with one attached hydrogen (secondary N) is 1. The molecule has 0 radical (unpaired) electrons. The predicted molar refractivity (Wildman–Crippen MR) is 83.7 cm³/mol. The summed E-state index contributed by atoms with van der Waals surface area (Å²) in [6.45, 7) is 8.86. The number of hydrogen-bond donors (Lipinski definition) is 2. The molecule has 0 aliphatic carbocycles. The molecule has 114 valence electrons. The summed E-state index contributed by atoms with van der Waals surface area (Å²) in [6, 6.07) is 9.92. The van der Waals surface area contributed by atoms with E-state index in [2.05, 4.69) is 24.1 Å². The van der Waals surface area contributed by atoms with Crippen molar-refractivity contribution in [2.75, 3.05) is 6.61 Å². The Labute approximate surface area is 126 Å². The van der Waals surface area contributed by atoms with Gasteiger partial charge in [-0.3, -0.25) is 0 Å². The Kier molecular flexibility index (Phi) is 4.49. The Morgan fingerprint density at radius 3 is 2.43 bits per heavy atom. The highest BCUT2D eigenvalue weighted by molar-refractivity contribution is 5.55. The van der Waals surface area contributed by atoms with E-state index in [9.17, 15) is 5.11 Å². The Bertz CT molecular complexity index is 573. The second kappa shape index (κ2) is 6.00. The van der Waals surface area contributed by atoms with Gasteiger partial charge in [0.1, 0.15) is 0 Å². The van der Waals surface area contributed by atoms with Gasteiger partial charge in [0.15, 0.2) is 5.76 Å². The predicted octanol–water partition coefficient (Wildman–Crippen LogP) is 3.23. The van der Waals surface area contributed by atoms with Crippen LogP contribution in [-0.4, -0.2) is 22.2 Å². The van der Waals surface area contributed by atoms with Gasteiger partial charge in [0.2, 0.25) is 5.89 Å². The summed E-state index contributed by atoms with van der Waals surface area (Å²) >= 11 is 0. The van der Waals surface area contributed by atoms with Crippen molar-refractivity contribution in [1.29, 1.82) is 0 Å². The van der Waals surface area contributed by atoms with Gasteiger partial charge in [-0.05, 0) is 13.8 Å². The fraction of sp³-hybridized carbons (Fsp3) is 0.471. The van der Waals surface area contributed by atoms with Gasteiger partial charge in [-0.25, -0.2) is 4.98 Å². The average Bonchev–Trinajstić information content (AvgIpc) is 2.95. The zero-order valence-electron chi connectivity index (χ0n) is 13.2. The highest BCUT2D eigenvalue weighted by atomic mass is 16.4. The van der Waals surface area contributed by atoms with Crippen LogP contribution in [0.25, 0.3) is 11.3 Å². The average molecular weight is 288 g/mol. The van der Waals surface area contributed by atoms with Crippen LogP contribution in [0.1, 0.15) is 33.6 Å². The third-order valence-corrected chi connectivity index (χ3v) is 4.38. The van der Waals surface area contributed by atoms with E-state index in [0.29, 0.717) is 12.4 Å².